The standard InChI is InChI=1S/C19H33F3O2/c1-24-18(23)16-14-12-10-8-6-4-2-3-5-7-9-11-13-15-17-19(20,21)22/h13,15H,2-12,14,16-17H2,1H3. The van der Waals surface area contributed by atoms with Crippen LogP contribution >= 0.6 is 0 Å². The van der Waals surface area contributed by atoms with Crippen LogP contribution in [0.4, 0.5) is 13.2 Å². The summed E-state index contributed by atoms with van der Waals surface area (Å²) in [6, 6.07) is 0. The van der Waals surface area contributed by atoms with E-state index >= 15 is 0 Å². The Kier molecular flexibility index (Phi) is 14.9. The van der Waals surface area contributed by atoms with Crippen LogP contribution < -0.4 is 0 Å². The number of hydrogen-bond acceptors (Lipinski definition) is 2. The number of esters is 1. The Balaban J connectivity index is 3.14. The maximum atomic E-state index is 11.9. The molecule has 0 unspecified atom stereocenters. The number of rotatable bonds is 15. The second kappa shape index (κ2) is 15.5. The summed E-state index contributed by atoms with van der Waals surface area (Å²) < 4.78 is 40.3. The first-order valence-electron chi connectivity index (χ1n) is 9.24. The SMILES string of the molecule is COC(=O)CCCCCCCCCCCCCC=CCC(F)(F)F. The van der Waals surface area contributed by atoms with Gasteiger partial charge in [0.1, 0.15) is 0 Å². The normalized spacial score (nSPS) is 12.0. The summed E-state index contributed by atoms with van der Waals surface area (Å²) in [5.74, 6) is -0.120. The molecule has 0 spiro atoms. The van der Waals surface area contributed by atoms with Gasteiger partial charge in [0.2, 0.25) is 0 Å². The third kappa shape index (κ3) is 19.0. The molecule has 0 aromatic heterocycles. The second-order valence-electron chi connectivity index (χ2n) is 6.29. The minimum Gasteiger partial charge on any atom is -0.469 e. The van der Waals surface area contributed by atoms with Crippen LogP contribution in [-0.4, -0.2) is 19.3 Å². The Hall–Kier alpha value is -1.00. The van der Waals surface area contributed by atoms with E-state index in [0.29, 0.717) is 6.42 Å². The Morgan fingerprint density at radius 3 is 1.71 bits per heavy atom. The van der Waals surface area contributed by atoms with Crippen LogP contribution in [0.2, 0.25) is 0 Å². The van der Waals surface area contributed by atoms with Gasteiger partial charge in [-0.15, -0.1) is 0 Å². The number of carbonyl (C=O) groups excluding carboxylic acids is 1. The first-order valence-corrected chi connectivity index (χ1v) is 9.24. The molecule has 0 radical (unpaired) electrons. The number of methoxy groups -OCH3 is 1. The van der Waals surface area contributed by atoms with E-state index in [1.807, 2.05) is 0 Å². The van der Waals surface area contributed by atoms with Crippen LogP contribution in [0.1, 0.15) is 89.9 Å². The maximum Gasteiger partial charge on any atom is 0.392 e. The lowest BCUT2D eigenvalue weighted by Crippen LogP contribution is -2.03. The topological polar surface area (TPSA) is 26.3 Å². The lowest BCUT2D eigenvalue weighted by Gasteiger charge is -2.03. The molecule has 0 N–H and O–H groups in total. The van der Waals surface area contributed by atoms with E-state index in [2.05, 4.69) is 4.74 Å². The quantitative estimate of drug-likeness (QED) is 0.186. The van der Waals surface area contributed by atoms with Gasteiger partial charge in [0.15, 0.2) is 0 Å². The zero-order valence-corrected chi connectivity index (χ0v) is 15.0. The van der Waals surface area contributed by atoms with Crippen molar-refractivity contribution in [3.63, 3.8) is 0 Å². The zero-order valence-electron chi connectivity index (χ0n) is 15.0. The van der Waals surface area contributed by atoms with Crippen molar-refractivity contribution >= 4 is 5.97 Å². The van der Waals surface area contributed by atoms with Gasteiger partial charge in [-0.2, -0.15) is 13.2 Å². The summed E-state index contributed by atoms with van der Waals surface area (Å²) in [5.41, 5.74) is 0. The fourth-order valence-corrected chi connectivity index (χ4v) is 2.56. The average molecular weight is 350 g/mol. The van der Waals surface area contributed by atoms with Gasteiger partial charge in [-0.3, -0.25) is 4.79 Å². The third-order valence-corrected chi connectivity index (χ3v) is 4.00. The number of hydrogen-bond donors (Lipinski definition) is 0. The fourth-order valence-electron chi connectivity index (χ4n) is 2.56. The Bertz CT molecular complexity index is 325. The van der Waals surface area contributed by atoms with Gasteiger partial charge < -0.3 is 4.74 Å². The molecule has 0 aliphatic carbocycles. The van der Waals surface area contributed by atoms with E-state index in [4.69, 9.17) is 0 Å². The molecule has 5 heteroatoms. The minimum atomic E-state index is -4.07. The van der Waals surface area contributed by atoms with Crippen LogP contribution in [0.25, 0.3) is 0 Å². The van der Waals surface area contributed by atoms with Gasteiger partial charge in [0.05, 0.1) is 13.5 Å². The molecule has 0 aromatic carbocycles. The van der Waals surface area contributed by atoms with E-state index < -0.39 is 12.6 Å². The Morgan fingerprint density at radius 1 is 0.792 bits per heavy atom. The highest BCUT2D eigenvalue weighted by Crippen LogP contribution is 2.20. The van der Waals surface area contributed by atoms with Crippen molar-refractivity contribution in [3.8, 4) is 0 Å². The molecule has 142 valence electrons. The fraction of sp³-hybridized carbons (Fsp3) is 0.842. The lowest BCUT2D eigenvalue weighted by atomic mass is 10.0. The van der Waals surface area contributed by atoms with Crippen LogP contribution in [0.5, 0.6) is 0 Å². The predicted octanol–water partition coefficient (Wildman–Crippen LogP) is 6.74. The lowest BCUT2D eigenvalue weighted by molar-refractivity contribution is -0.140. The molecule has 0 amide bonds. The molecular formula is C19H33F3O2. The van der Waals surface area contributed by atoms with E-state index in [0.717, 1.165) is 32.1 Å². The molecule has 0 saturated heterocycles. The second-order valence-corrected chi connectivity index (χ2v) is 6.29. The van der Waals surface area contributed by atoms with Gasteiger partial charge in [-0.25, -0.2) is 0 Å². The first kappa shape index (κ1) is 23.0. The van der Waals surface area contributed by atoms with E-state index in [9.17, 15) is 18.0 Å². The summed E-state index contributed by atoms with van der Waals surface area (Å²) in [7, 11) is 1.42. The highest BCUT2D eigenvalue weighted by Gasteiger charge is 2.24. The molecule has 0 aliphatic rings. The maximum absolute atomic E-state index is 11.9. The smallest absolute Gasteiger partial charge is 0.392 e. The molecule has 0 atom stereocenters. The molecular weight excluding hydrogens is 317 g/mol. The molecule has 2 nitrogen and oxygen atoms in total. The molecule has 0 heterocycles. The summed E-state index contributed by atoms with van der Waals surface area (Å²) in [4.78, 5) is 10.9. The Morgan fingerprint density at radius 2 is 1.25 bits per heavy atom. The number of halogens is 3. The predicted molar refractivity (Wildman–Crippen MR) is 91.8 cm³/mol. The van der Waals surface area contributed by atoms with Crippen LogP contribution in [0.15, 0.2) is 12.2 Å². The van der Waals surface area contributed by atoms with E-state index in [-0.39, 0.29) is 5.97 Å². The molecule has 0 bridgehead atoms. The molecule has 0 fully saturated rings. The highest BCUT2D eigenvalue weighted by atomic mass is 19.4. The van der Waals surface area contributed by atoms with Crippen molar-refractivity contribution in [3.05, 3.63) is 12.2 Å². The van der Waals surface area contributed by atoms with Crippen molar-refractivity contribution < 1.29 is 22.7 Å². The van der Waals surface area contributed by atoms with Crippen LogP contribution in [0.3, 0.4) is 0 Å². The van der Waals surface area contributed by atoms with Gasteiger partial charge in [0, 0.05) is 6.42 Å². The monoisotopic (exact) mass is 350 g/mol. The summed E-state index contributed by atoms with van der Waals surface area (Å²) >= 11 is 0. The number of alkyl halides is 3. The molecule has 0 aliphatic heterocycles. The first-order chi connectivity index (χ1) is 11.5. The molecule has 0 saturated carbocycles. The van der Waals surface area contributed by atoms with E-state index in [1.54, 1.807) is 6.08 Å². The van der Waals surface area contributed by atoms with Gasteiger partial charge >= 0.3 is 12.1 Å². The molecule has 0 rings (SSSR count). The van der Waals surface area contributed by atoms with Crippen LogP contribution in [-0.2, 0) is 9.53 Å². The summed E-state index contributed by atoms with van der Waals surface area (Å²) in [6.07, 6.45) is 11.9. The van der Waals surface area contributed by atoms with E-state index in [1.165, 1.54) is 58.1 Å². The van der Waals surface area contributed by atoms with Crippen molar-refractivity contribution in [1.29, 1.82) is 0 Å². The number of ether oxygens (including phenoxy) is 1. The number of carbonyl (C=O) groups is 1. The average Bonchev–Trinajstić information content (AvgIpc) is 2.53. The molecule has 0 aromatic rings. The van der Waals surface area contributed by atoms with Gasteiger partial charge in [-0.05, 0) is 19.3 Å². The largest absolute Gasteiger partial charge is 0.469 e. The Labute approximate surface area is 144 Å². The summed E-state index contributed by atoms with van der Waals surface area (Å²) in [5, 5.41) is 0. The van der Waals surface area contributed by atoms with Gasteiger partial charge in [-0.1, -0.05) is 69.9 Å². The summed E-state index contributed by atoms with van der Waals surface area (Å²) in [6.45, 7) is 0. The van der Waals surface area contributed by atoms with Gasteiger partial charge in [0.25, 0.3) is 0 Å². The van der Waals surface area contributed by atoms with Crippen molar-refractivity contribution in [1.82, 2.24) is 0 Å². The zero-order chi connectivity index (χ0) is 18.1. The van der Waals surface area contributed by atoms with Crippen molar-refractivity contribution in [2.75, 3.05) is 7.11 Å². The highest BCUT2D eigenvalue weighted by molar-refractivity contribution is 5.68. The minimum absolute atomic E-state index is 0.120. The van der Waals surface area contributed by atoms with Crippen molar-refractivity contribution in [2.45, 2.75) is 96.1 Å². The number of allylic oxidation sites excluding steroid dienone is 2. The number of unbranched alkanes of at least 4 members (excludes halogenated alkanes) is 11. The molecule has 24 heavy (non-hydrogen) atoms. The van der Waals surface area contributed by atoms with Crippen LogP contribution in [0, 0.1) is 0 Å². The van der Waals surface area contributed by atoms with Crippen molar-refractivity contribution in [2.24, 2.45) is 0 Å². The third-order valence-electron chi connectivity index (χ3n) is 4.00.